The summed E-state index contributed by atoms with van der Waals surface area (Å²) < 4.78 is 0. The van der Waals surface area contributed by atoms with Crippen molar-refractivity contribution in [2.45, 2.75) is 37.8 Å². The van der Waals surface area contributed by atoms with Gasteiger partial charge in [0.1, 0.15) is 0 Å². The zero-order valence-electron chi connectivity index (χ0n) is 12.5. The third kappa shape index (κ3) is 3.08. The van der Waals surface area contributed by atoms with Crippen LogP contribution in [0.1, 0.15) is 31.4 Å². The van der Waals surface area contributed by atoms with Gasteiger partial charge in [0.15, 0.2) is 5.66 Å². The molecule has 2 aliphatic rings. The Kier molecular flexibility index (Phi) is 3.86. The summed E-state index contributed by atoms with van der Waals surface area (Å²) in [7, 11) is 0. The molecule has 120 valence electrons. The number of aromatic amines is 1. The van der Waals surface area contributed by atoms with Crippen LogP contribution in [0, 0.1) is 18.3 Å². The van der Waals surface area contributed by atoms with E-state index in [1.165, 1.54) is 4.90 Å². The number of carboxylic acids is 1. The highest BCUT2D eigenvalue weighted by Crippen LogP contribution is 2.38. The Labute approximate surface area is 133 Å². The molecule has 0 saturated carbocycles. The lowest BCUT2D eigenvalue weighted by molar-refractivity contribution is -0.141. The zero-order valence-corrected chi connectivity index (χ0v) is 12.5. The fraction of sp³-hybridized carbons (Fsp3) is 0.533. The lowest BCUT2D eigenvalue weighted by atomic mass is 9.96. The number of fused-ring (bicyclic) bond motifs is 1. The Bertz CT molecular complexity index is 696. The van der Waals surface area contributed by atoms with Crippen LogP contribution in [0.5, 0.6) is 0 Å². The van der Waals surface area contributed by atoms with Crippen LogP contribution >= 0.6 is 0 Å². The van der Waals surface area contributed by atoms with Crippen LogP contribution in [-0.2, 0) is 16.0 Å². The maximum absolute atomic E-state index is 12.5. The third-order valence-corrected chi connectivity index (χ3v) is 4.28. The van der Waals surface area contributed by atoms with Gasteiger partial charge in [-0.1, -0.05) is 0 Å². The zero-order chi connectivity index (χ0) is 16.4. The quantitative estimate of drug-likeness (QED) is 0.772. The molecule has 0 aliphatic carbocycles. The summed E-state index contributed by atoms with van der Waals surface area (Å²) in [6.07, 6.45) is 9.11. The third-order valence-electron chi connectivity index (χ3n) is 4.28. The van der Waals surface area contributed by atoms with Crippen molar-refractivity contribution in [2.24, 2.45) is 16.1 Å². The molecule has 1 aromatic rings. The van der Waals surface area contributed by atoms with E-state index in [9.17, 15) is 14.7 Å². The number of anilines is 1. The van der Waals surface area contributed by atoms with E-state index in [4.69, 9.17) is 6.42 Å². The Morgan fingerprint density at radius 3 is 2.91 bits per heavy atom. The predicted molar refractivity (Wildman–Crippen MR) is 80.7 cm³/mol. The average Bonchev–Trinajstić information content (AvgIpc) is 3.15. The van der Waals surface area contributed by atoms with Crippen LogP contribution in [0.3, 0.4) is 0 Å². The van der Waals surface area contributed by atoms with Gasteiger partial charge in [0, 0.05) is 38.6 Å². The monoisotopic (exact) mass is 315 g/mol. The van der Waals surface area contributed by atoms with E-state index >= 15 is 0 Å². The number of nitrogens with one attached hydrogen (secondary N) is 1. The molecule has 0 saturated heterocycles. The molecule has 3 heterocycles. The molecular formula is C15H17N5O3. The molecule has 1 amide bonds. The van der Waals surface area contributed by atoms with Gasteiger partial charge in [-0.3, -0.25) is 14.7 Å². The van der Waals surface area contributed by atoms with Gasteiger partial charge < -0.3 is 10.0 Å². The van der Waals surface area contributed by atoms with Crippen molar-refractivity contribution in [3.63, 3.8) is 0 Å². The lowest BCUT2D eigenvalue weighted by Gasteiger charge is -2.30. The first-order valence-corrected chi connectivity index (χ1v) is 7.47. The summed E-state index contributed by atoms with van der Waals surface area (Å²) in [4.78, 5) is 25.3. The summed E-state index contributed by atoms with van der Waals surface area (Å²) in [5.41, 5.74) is 0.832. The number of nitrogens with zero attached hydrogens (tertiary/aromatic N) is 4. The van der Waals surface area contributed by atoms with Crippen molar-refractivity contribution in [1.82, 2.24) is 10.2 Å². The van der Waals surface area contributed by atoms with Gasteiger partial charge >= 0.3 is 5.97 Å². The number of carbonyl (C=O) groups is 2. The normalized spacial score (nSPS) is 20.7. The number of amides is 1. The van der Waals surface area contributed by atoms with Crippen LogP contribution in [0.4, 0.5) is 5.69 Å². The largest absolute Gasteiger partial charge is 0.481 e. The van der Waals surface area contributed by atoms with E-state index in [0.717, 1.165) is 0 Å². The number of aliphatic carboxylic acids is 1. The number of aromatic nitrogens is 2. The van der Waals surface area contributed by atoms with E-state index < -0.39 is 17.6 Å². The summed E-state index contributed by atoms with van der Waals surface area (Å²) in [6.45, 7) is 0.159. The highest BCUT2D eigenvalue weighted by Gasteiger charge is 2.40. The molecule has 8 nitrogen and oxygen atoms in total. The smallest absolute Gasteiger partial charge is 0.308 e. The standard InChI is InChI=1S/C15H17N5O3/c1-2-3-5-15(18-19-15)6-4-13(21)20-9-10(14(22)23)7-11-12(20)8-16-17-11/h1,8,10H,3-7,9H2,(H,16,17)(H,22,23). The molecule has 0 bridgehead atoms. The maximum Gasteiger partial charge on any atom is 0.308 e. The molecule has 0 spiro atoms. The average molecular weight is 315 g/mol. The number of H-pyrrole nitrogens is 1. The first kappa shape index (κ1) is 15.2. The van der Waals surface area contributed by atoms with E-state index in [-0.39, 0.29) is 18.9 Å². The molecule has 2 N–H and O–H groups in total. The van der Waals surface area contributed by atoms with Gasteiger partial charge in [-0.05, 0) is 0 Å². The van der Waals surface area contributed by atoms with Crippen molar-refractivity contribution >= 4 is 17.6 Å². The number of terminal acetylenes is 1. The molecule has 3 rings (SSSR count). The summed E-state index contributed by atoms with van der Waals surface area (Å²) >= 11 is 0. The number of hydrogen-bond acceptors (Lipinski definition) is 5. The second-order valence-electron chi connectivity index (χ2n) is 5.86. The second kappa shape index (κ2) is 5.83. The minimum atomic E-state index is -0.916. The van der Waals surface area contributed by atoms with Crippen molar-refractivity contribution in [3.05, 3.63) is 11.9 Å². The second-order valence-corrected chi connectivity index (χ2v) is 5.86. The molecule has 0 fully saturated rings. The molecular weight excluding hydrogens is 298 g/mol. The fourth-order valence-corrected chi connectivity index (χ4v) is 2.83. The van der Waals surface area contributed by atoms with Crippen molar-refractivity contribution in [3.8, 4) is 12.3 Å². The van der Waals surface area contributed by atoms with Gasteiger partial charge in [0.2, 0.25) is 5.91 Å². The highest BCUT2D eigenvalue weighted by molar-refractivity contribution is 5.95. The van der Waals surface area contributed by atoms with Gasteiger partial charge in [-0.25, -0.2) is 0 Å². The Morgan fingerprint density at radius 2 is 2.26 bits per heavy atom. The lowest BCUT2D eigenvalue weighted by Crippen LogP contribution is -2.42. The number of carbonyl (C=O) groups excluding carboxylic acids is 1. The fourth-order valence-electron chi connectivity index (χ4n) is 2.83. The van der Waals surface area contributed by atoms with Crippen LogP contribution in [0.15, 0.2) is 16.4 Å². The molecule has 0 aromatic carbocycles. The van der Waals surface area contributed by atoms with E-state index in [1.54, 1.807) is 6.20 Å². The van der Waals surface area contributed by atoms with Gasteiger partial charge in [0.25, 0.3) is 0 Å². The van der Waals surface area contributed by atoms with Crippen molar-refractivity contribution in [2.75, 3.05) is 11.4 Å². The number of hydrogen-bond donors (Lipinski definition) is 2. The summed E-state index contributed by atoms with van der Waals surface area (Å²) in [5, 5.41) is 24.0. The molecule has 1 atom stereocenters. The Morgan fingerprint density at radius 1 is 1.48 bits per heavy atom. The molecule has 8 heteroatoms. The maximum atomic E-state index is 12.5. The van der Waals surface area contributed by atoms with Crippen LogP contribution in [-0.4, -0.2) is 39.4 Å². The molecule has 2 aliphatic heterocycles. The van der Waals surface area contributed by atoms with Gasteiger partial charge in [0.05, 0.1) is 23.5 Å². The summed E-state index contributed by atoms with van der Waals surface area (Å²) in [6, 6.07) is 0. The molecule has 1 aromatic heterocycles. The van der Waals surface area contributed by atoms with E-state index in [1.807, 2.05) is 0 Å². The Balaban J connectivity index is 1.65. The van der Waals surface area contributed by atoms with Gasteiger partial charge in [-0.2, -0.15) is 15.3 Å². The molecule has 0 radical (unpaired) electrons. The van der Waals surface area contributed by atoms with Gasteiger partial charge in [-0.15, -0.1) is 12.3 Å². The van der Waals surface area contributed by atoms with Crippen molar-refractivity contribution in [1.29, 1.82) is 0 Å². The molecule has 1 unspecified atom stereocenters. The topological polar surface area (TPSA) is 111 Å². The molecule has 23 heavy (non-hydrogen) atoms. The van der Waals surface area contributed by atoms with Crippen LogP contribution < -0.4 is 4.90 Å². The van der Waals surface area contributed by atoms with E-state index in [2.05, 4.69) is 26.3 Å². The van der Waals surface area contributed by atoms with Crippen LogP contribution in [0.25, 0.3) is 0 Å². The highest BCUT2D eigenvalue weighted by atomic mass is 16.4. The first-order chi connectivity index (χ1) is 11.0. The minimum Gasteiger partial charge on any atom is -0.481 e. The number of carboxylic acid groups (broad SMARTS) is 1. The Hall–Kier alpha value is -2.69. The number of rotatable bonds is 6. The summed E-state index contributed by atoms with van der Waals surface area (Å²) in [5.74, 6) is 0.864. The predicted octanol–water partition coefficient (Wildman–Crippen LogP) is 1.36. The van der Waals surface area contributed by atoms with E-state index in [0.29, 0.717) is 37.1 Å². The minimum absolute atomic E-state index is 0.143. The first-order valence-electron chi connectivity index (χ1n) is 7.47. The SMILES string of the molecule is C#CCCC1(CCC(=O)N2CC(C(=O)O)Cc3[nH]ncc32)N=N1. The van der Waals surface area contributed by atoms with Crippen LogP contribution in [0.2, 0.25) is 0 Å². The van der Waals surface area contributed by atoms with Crippen molar-refractivity contribution < 1.29 is 14.7 Å².